The second-order valence-electron chi connectivity index (χ2n) is 20.0. The van der Waals surface area contributed by atoms with Crippen LogP contribution in [-0.2, 0) is 19.1 Å². The predicted molar refractivity (Wildman–Crippen MR) is 277 cm³/mol. The van der Waals surface area contributed by atoms with Crippen molar-refractivity contribution in [1.29, 1.82) is 0 Å². The maximum atomic E-state index is 12.6. The Balaban J connectivity index is 4.54. The highest BCUT2D eigenvalue weighted by atomic mass is 16.5. The first-order valence-electron chi connectivity index (χ1n) is 28.7. The van der Waals surface area contributed by atoms with Crippen molar-refractivity contribution in [2.24, 2.45) is 11.8 Å². The van der Waals surface area contributed by atoms with E-state index in [1.54, 1.807) is 6.08 Å². The number of ether oxygens (including phenoxy) is 2. The molecule has 0 aromatic heterocycles. The first-order chi connectivity index (χ1) is 31.0. The number of unbranched alkanes of at least 4 members (excludes halogenated alkanes) is 29. The van der Waals surface area contributed by atoms with Crippen LogP contribution in [0, 0.1) is 11.8 Å². The van der Waals surface area contributed by atoms with Gasteiger partial charge in [-0.15, -0.1) is 0 Å². The van der Waals surface area contributed by atoms with Crippen molar-refractivity contribution >= 4 is 11.9 Å². The van der Waals surface area contributed by atoms with Gasteiger partial charge in [-0.2, -0.15) is 0 Å². The van der Waals surface area contributed by atoms with Crippen molar-refractivity contribution in [2.45, 2.75) is 317 Å². The SMILES string of the molecule is CCCCCCCCCCC(CCCCC=CC(=O)OCC(CCCCCC)CCCCCCCC)NCCCCCCCC(=O)OCC(CCCCCC)CCCCCCCC. The summed E-state index contributed by atoms with van der Waals surface area (Å²) in [5.41, 5.74) is 0. The number of esters is 2. The van der Waals surface area contributed by atoms with Crippen LogP contribution in [-0.4, -0.2) is 37.7 Å². The molecule has 1 N–H and O–H groups in total. The van der Waals surface area contributed by atoms with Crippen LogP contribution in [0.1, 0.15) is 311 Å². The molecule has 0 aliphatic rings. The smallest absolute Gasteiger partial charge is 0.330 e. The molecule has 0 aromatic rings. The quantitative estimate of drug-likeness (QED) is 0.0374. The van der Waals surface area contributed by atoms with E-state index >= 15 is 0 Å². The van der Waals surface area contributed by atoms with Gasteiger partial charge in [-0.25, -0.2) is 4.79 Å². The summed E-state index contributed by atoms with van der Waals surface area (Å²) in [7, 11) is 0. The van der Waals surface area contributed by atoms with Crippen LogP contribution >= 0.6 is 0 Å². The number of carbonyl (C=O) groups is 2. The average Bonchev–Trinajstić information content (AvgIpc) is 3.29. The second-order valence-corrected chi connectivity index (χ2v) is 20.0. The van der Waals surface area contributed by atoms with E-state index in [0.717, 1.165) is 32.2 Å². The van der Waals surface area contributed by atoms with Gasteiger partial charge < -0.3 is 14.8 Å². The molecule has 0 radical (unpaired) electrons. The van der Waals surface area contributed by atoms with Gasteiger partial charge in [0.15, 0.2) is 0 Å². The zero-order chi connectivity index (χ0) is 45.9. The molecule has 0 saturated carbocycles. The number of rotatable bonds is 52. The Kier molecular flexibility index (Phi) is 50.5. The van der Waals surface area contributed by atoms with Gasteiger partial charge in [-0.1, -0.05) is 246 Å². The van der Waals surface area contributed by atoms with E-state index in [4.69, 9.17) is 9.47 Å². The highest BCUT2D eigenvalue weighted by Crippen LogP contribution is 2.22. The summed E-state index contributed by atoms with van der Waals surface area (Å²) in [6.45, 7) is 13.7. The molecule has 0 bridgehead atoms. The van der Waals surface area contributed by atoms with Crippen LogP contribution in [0.5, 0.6) is 0 Å². The Morgan fingerprint density at radius 3 is 1.21 bits per heavy atom. The number of nitrogens with one attached hydrogen (secondary N) is 1. The van der Waals surface area contributed by atoms with Crippen LogP contribution in [0.3, 0.4) is 0 Å². The summed E-state index contributed by atoms with van der Waals surface area (Å²) >= 11 is 0. The Bertz CT molecular complexity index is 951. The minimum absolute atomic E-state index is 0.0214. The van der Waals surface area contributed by atoms with Crippen molar-refractivity contribution in [3.63, 3.8) is 0 Å². The molecular weight excluding hydrogens is 775 g/mol. The molecule has 5 nitrogen and oxygen atoms in total. The average molecular weight is 889 g/mol. The molecule has 0 saturated heterocycles. The molecule has 0 rings (SSSR count). The Morgan fingerprint density at radius 2 is 0.746 bits per heavy atom. The van der Waals surface area contributed by atoms with Gasteiger partial charge in [0, 0.05) is 18.5 Å². The molecule has 63 heavy (non-hydrogen) atoms. The molecular formula is C58H113NO4. The normalized spacial score (nSPS) is 13.2. The zero-order valence-corrected chi connectivity index (χ0v) is 43.5. The number of allylic oxidation sites excluding steroid dienone is 1. The van der Waals surface area contributed by atoms with E-state index in [2.05, 4.69) is 46.0 Å². The monoisotopic (exact) mass is 888 g/mol. The van der Waals surface area contributed by atoms with Gasteiger partial charge in [0.1, 0.15) is 0 Å². The molecule has 0 aliphatic carbocycles. The summed E-state index contributed by atoms with van der Waals surface area (Å²) < 4.78 is 11.6. The summed E-state index contributed by atoms with van der Waals surface area (Å²) in [6, 6.07) is 0.589. The van der Waals surface area contributed by atoms with Crippen molar-refractivity contribution in [3.05, 3.63) is 12.2 Å². The molecule has 5 heteroatoms. The molecule has 0 aromatic carbocycles. The molecule has 0 aliphatic heterocycles. The minimum atomic E-state index is -0.151. The van der Waals surface area contributed by atoms with Crippen LogP contribution in [0.25, 0.3) is 0 Å². The van der Waals surface area contributed by atoms with E-state index in [1.165, 1.54) is 244 Å². The van der Waals surface area contributed by atoms with E-state index in [0.29, 0.717) is 37.5 Å². The summed E-state index contributed by atoms with van der Waals surface area (Å²) in [5, 5.41) is 3.94. The summed E-state index contributed by atoms with van der Waals surface area (Å²) in [4.78, 5) is 25.3. The molecule has 374 valence electrons. The predicted octanol–water partition coefficient (Wildman–Crippen LogP) is 18.7. The third kappa shape index (κ3) is 47.0. The molecule has 0 spiro atoms. The third-order valence-electron chi connectivity index (χ3n) is 13.6. The van der Waals surface area contributed by atoms with Crippen LogP contribution < -0.4 is 5.32 Å². The van der Waals surface area contributed by atoms with Crippen LogP contribution in [0.4, 0.5) is 0 Å². The van der Waals surface area contributed by atoms with E-state index in [-0.39, 0.29) is 11.9 Å². The molecule has 0 fully saturated rings. The standard InChI is InChI=1S/C58H113NO4/c1-6-11-16-21-24-25-29-38-47-56(48-39-31-32-41-50-58(61)63-53-55(44-35-20-15-10-5)46-37-28-23-18-13-8-3)59-51-42-33-26-30-40-49-57(60)62-52-54(43-34-19-14-9-4)45-36-27-22-17-12-7-2/h41,50,54-56,59H,6-40,42-49,51-53H2,1-5H3. The first kappa shape index (κ1) is 61.6. The second kappa shape index (κ2) is 51.6. The van der Waals surface area contributed by atoms with E-state index in [1.807, 2.05) is 0 Å². The molecule has 0 heterocycles. The van der Waals surface area contributed by atoms with Gasteiger partial charge in [-0.3, -0.25) is 4.79 Å². The Hall–Kier alpha value is -1.36. The van der Waals surface area contributed by atoms with Crippen molar-refractivity contribution < 1.29 is 19.1 Å². The fraction of sp³-hybridized carbons (Fsp3) is 0.931. The van der Waals surface area contributed by atoms with Gasteiger partial charge in [0.2, 0.25) is 0 Å². The maximum absolute atomic E-state index is 12.6. The van der Waals surface area contributed by atoms with E-state index in [9.17, 15) is 9.59 Å². The highest BCUT2D eigenvalue weighted by molar-refractivity contribution is 5.81. The first-order valence-corrected chi connectivity index (χ1v) is 28.7. The lowest BCUT2D eigenvalue weighted by Crippen LogP contribution is -2.30. The Labute approximate surface area is 395 Å². The van der Waals surface area contributed by atoms with Gasteiger partial charge in [0.25, 0.3) is 0 Å². The highest BCUT2D eigenvalue weighted by Gasteiger charge is 2.14. The van der Waals surface area contributed by atoms with Gasteiger partial charge in [0.05, 0.1) is 13.2 Å². The van der Waals surface area contributed by atoms with Gasteiger partial charge in [-0.05, 0) is 82.6 Å². The van der Waals surface area contributed by atoms with Crippen molar-refractivity contribution in [1.82, 2.24) is 5.32 Å². The molecule has 3 atom stereocenters. The lowest BCUT2D eigenvalue weighted by molar-refractivity contribution is -0.145. The number of carbonyl (C=O) groups excluding carboxylic acids is 2. The van der Waals surface area contributed by atoms with Crippen molar-refractivity contribution in [2.75, 3.05) is 19.8 Å². The van der Waals surface area contributed by atoms with Crippen LogP contribution in [0.2, 0.25) is 0 Å². The zero-order valence-electron chi connectivity index (χ0n) is 43.5. The Morgan fingerprint density at radius 1 is 0.397 bits per heavy atom. The maximum Gasteiger partial charge on any atom is 0.330 e. The molecule has 3 unspecified atom stereocenters. The molecule has 0 amide bonds. The minimum Gasteiger partial charge on any atom is -0.465 e. The topological polar surface area (TPSA) is 64.6 Å². The lowest BCUT2D eigenvalue weighted by atomic mass is 9.95. The van der Waals surface area contributed by atoms with Gasteiger partial charge >= 0.3 is 11.9 Å². The van der Waals surface area contributed by atoms with Crippen molar-refractivity contribution in [3.8, 4) is 0 Å². The number of hydrogen-bond donors (Lipinski definition) is 1. The summed E-state index contributed by atoms with van der Waals surface area (Å²) in [6.07, 6.45) is 57.8. The fourth-order valence-corrected chi connectivity index (χ4v) is 9.24. The number of hydrogen-bond acceptors (Lipinski definition) is 5. The largest absolute Gasteiger partial charge is 0.465 e. The fourth-order valence-electron chi connectivity index (χ4n) is 9.24. The third-order valence-corrected chi connectivity index (χ3v) is 13.6. The van der Waals surface area contributed by atoms with E-state index < -0.39 is 0 Å². The summed E-state index contributed by atoms with van der Waals surface area (Å²) in [5.74, 6) is 0.928. The lowest BCUT2D eigenvalue weighted by Gasteiger charge is -2.19. The van der Waals surface area contributed by atoms with Crippen LogP contribution in [0.15, 0.2) is 12.2 Å².